The van der Waals surface area contributed by atoms with Gasteiger partial charge in [-0.1, -0.05) is 24.3 Å². The number of rotatable bonds is 5. The number of methoxy groups -OCH3 is 1. The highest BCUT2D eigenvalue weighted by molar-refractivity contribution is 5.94. The van der Waals surface area contributed by atoms with E-state index in [1.807, 2.05) is 12.1 Å². The third kappa shape index (κ3) is 3.72. The molecule has 0 fully saturated rings. The average molecular weight is 327 g/mol. The van der Waals surface area contributed by atoms with Crippen LogP contribution in [0.1, 0.15) is 21.5 Å². The number of ether oxygens (including phenoxy) is 1. The van der Waals surface area contributed by atoms with Gasteiger partial charge in [0.05, 0.1) is 25.0 Å². The van der Waals surface area contributed by atoms with Crippen molar-refractivity contribution in [3.05, 3.63) is 59.4 Å². The van der Waals surface area contributed by atoms with E-state index in [-0.39, 0.29) is 18.5 Å². The molecule has 1 amide bonds. The number of benzene rings is 1. The van der Waals surface area contributed by atoms with Crippen LogP contribution < -0.4 is 15.4 Å². The SMILES string of the molecule is COc1cncc(C(=O)NCC(O)C2Cc3ccccc3CN2)c1. The standard InChI is InChI=1S/C18H21N3O3/c1-24-15-6-14(8-19-10-15)18(23)21-11-17(22)16-7-12-4-2-3-5-13(12)9-20-16/h2-6,8,10,16-17,20,22H,7,9,11H2,1H3,(H,21,23). The fourth-order valence-electron chi connectivity index (χ4n) is 2.85. The van der Waals surface area contributed by atoms with Gasteiger partial charge in [0, 0.05) is 25.3 Å². The number of fused-ring (bicyclic) bond motifs is 1. The lowest BCUT2D eigenvalue weighted by Crippen LogP contribution is -2.49. The summed E-state index contributed by atoms with van der Waals surface area (Å²) in [5.74, 6) is 0.241. The van der Waals surface area contributed by atoms with Gasteiger partial charge in [-0.3, -0.25) is 9.78 Å². The Bertz CT molecular complexity index is 720. The van der Waals surface area contributed by atoms with Crippen molar-refractivity contribution in [2.45, 2.75) is 25.1 Å². The first-order valence-corrected chi connectivity index (χ1v) is 7.93. The number of carbonyl (C=O) groups excluding carboxylic acids is 1. The number of hydrogen-bond donors (Lipinski definition) is 3. The third-order valence-corrected chi connectivity index (χ3v) is 4.26. The van der Waals surface area contributed by atoms with Gasteiger partial charge in [-0.2, -0.15) is 0 Å². The second-order valence-corrected chi connectivity index (χ2v) is 5.85. The van der Waals surface area contributed by atoms with Crippen LogP contribution in [0.15, 0.2) is 42.7 Å². The molecule has 0 spiro atoms. The summed E-state index contributed by atoms with van der Waals surface area (Å²) in [5.41, 5.74) is 2.90. The smallest absolute Gasteiger partial charge is 0.253 e. The molecule has 1 aliphatic heterocycles. The summed E-state index contributed by atoms with van der Waals surface area (Å²) in [6.45, 7) is 0.904. The van der Waals surface area contributed by atoms with Crippen LogP contribution in [0.2, 0.25) is 0 Å². The Balaban J connectivity index is 1.56. The highest BCUT2D eigenvalue weighted by Gasteiger charge is 2.24. The number of nitrogens with zero attached hydrogens (tertiary/aromatic N) is 1. The fraction of sp³-hybridized carbons (Fsp3) is 0.333. The summed E-state index contributed by atoms with van der Waals surface area (Å²) >= 11 is 0. The summed E-state index contributed by atoms with van der Waals surface area (Å²) in [6, 6.07) is 9.72. The second kappa shape index (κ2) is 7.42. The number of amides is 1. The van der Waals surface area contributed by atoms with E-state index in [4.69, 9.17) is 4.74 Å². The maximum absolute atomic E-state index is 12.2. The molecule has 1 aromatic carbocycles. The Kier molecular flexibility index (Phi) is 5.08. The van der Waals surface area contributed by atoms with Gasteiger partial charge in [-0.05, 0) is 23.6 Å². The van der Waals surface area contributed by atoms with Crippen LogP contribution in [0, 0.1) is 0 Å². The Morgan fingerprint density at radius 2 is 2.21 bits per heavy atom. The zero-order valence-electron chi connectivity index (χ0n) is 13.5. The minimum Gasteiger partial charge on any atom is -0.495 e. The number of pyridine rings is 1. The Hall–Kier alpha value is -2.44. The molecule has 3 N–H and O–H groups in total. The quantitative estimate of drug-likeness (QED) is 0.760. The van der Waals surface area contributed by atoms with Crippen LogP contribution >= 0.6 is 0 Å². The molecule has 0 aliphatic carbocycles. The van der Waals surface area contributed by atoms with Crippen molar-refractivity contribution in [1.82, 2.24) is 15.6 Å². The number of aliphatic hydroxyl groups excluding tert-OH is 1. The van der Waals surface area contributed by atoms with Gasteiger partial charge in [0.15, 0.2) is 0 Å². The maximum Gasteiger partial charge on any atom is 0.253 e. The van der Waals surface area contributed by atoms with Gasteiger partial charge >= 0.3 is 0 Å². The predicted octanol–water partition coefficient (Wildman–Crippen LogP) is 0.895. The van der Waals surface area contributed by atoms with Gasteiger partial charge in [0.1, 0.15) is 5.75 Å². The Morgan fingerprint density at radius 1 is 1.42 bits per heavy atom. The van der Waals surface area contributed by atoms with E-state index in [9.17, 15) is 9.90 Å². The summed E-state index contributed by atoms with van der Waals surface area (Å²) in [7, 11) is 1.52. The average Bonchev–Trinajstić information content (AvgIpc) is 2.65. The summed E-state index contributed by atoms with van der Waals surface area (Å²) in [5, 5.41) is 16.4. The van der Waals surface area contributed by atoms with E-state index >= 15 is 0 Å². The van der Waals surface area contributed by atoms with Crippen molar-refractivity contribution in [2.24, 2.45) is 0 Å². The van der Waals surface area contributed by atoms with Crippen LogP contribution in [-0.4, -0.2) is 41.8 Å². The minimum absolute atomic E-state index is 0.0800. The molecule has 2 atom stereocenters. The Labute approximate surface area is 140 Å². The zero-order valence-corrected chi connectivity index (χ0v) is 13.5. The molecule has 1 aromatic heterocycles. The summed E-state index contributed by atoms with van der Waals surface area (Å²) < 4.78 is 5.06. The molecular weight excluding hydrogens is 306 g/mol. The minimum atomic E-state index is -0.666. The first-order valence-electron chi connectivity index (χ1n) is 7.93. The Morgan fingerprint density at radius 3 is 3.00 bits per heavy atom. The van der Waals surface area contributed by atoms with Crippen molar-refractivity contribution in [3.8, 4) is 5.75 Å². The molecule has 6 nitrogen and oxygen atoms in total. The maximum atomic E-state index is 12.2. The normalized spacial score (nSPS) is 17.7. The largest absolute Gasteiger partial charge is 0.495 e. The lowest BCUT2D eigenvalue weighted by Gasteiger charge is -2.30. The van der Waals surface area contributed by atoms with Crippen LogP contribution in [0.25, 0.3) is 0 Å². The number of aliphatic hydroxyl groups is 1. The first kappa shape index (κ1) is 16.4. The molecule has 0 saturated heterocycles. The molecule has 1 aliphatic rings. The second-order valence-electron chi connectivity index (χ2n) is 5.85. The number of hydrogen-bond acceptors (Lipinski definition) is 5. The van der Waals surface area contributed by atoms with Crippen molar-refractivity contribution in [3.63, 3.8) is 0 Å². The molecule has 3 rings (SSSR count). The van der Waals surface area contributed by atoms with E-state index in [1.165, 1.54) is 30.6 Å². The fourth-order valence-corrected chi connectivity index (χ4v) is 2.85. The lowest BCUT2D eigenvalue weighted by molar-refractivity contribution is 0.0869. The monoisotopic (exact) mass is 327 g/mol. The number of carbonyl (C=O) groups is 1. The van der Waals surface area contributed by atoms with E-state index in [0.29, 0.717) is 11.3 Å². The van der Waals surface area contributed by atoms with E-state index in [2.05, 4.69) is 27.8 Å². The van der Waals surface area contributed by atoms with Gasteiger partial charge in [0.25, 0.3) is 5.91 Å². The molecule has 2 unspecified atom stereocenters. The highest BCUT2D eigenvalue weighted by Crippen LogP contribution is 2.18. The first-order chi connectivity index (χ1) is 11.7. The van der Waals surface area contributed by atoms with Crippen LogP contribution in [0.4, 0.5) is 0 Å². The van der Waals surface area contributed by atoms with Gasteiger partial charge in [-0.25, -0.2) is 0 Å². The van der Waals surface area contributed by atoms with Crippen LogP contribution in [0.3, 0.4) is 0 Å². The molecule has 0 radical (unpaired) electrons. The molecule has 2 heterocycles. The van der Waals surface area contributed by atoms with Crippen molar-refractivity contribution >= 4 is 5.91 Å². The van der Waals surface area contributed by atoms with E-state index < -0.39 is 6.10 Å². The van der Waals surface area contributed by atoms with E-state index in [0.717, 1.165) is 13.0 Å². The van der Waals surface area contributed by atoms with Crippen molar-refractivity contribution in [2.75, 3.05) is 13.7 Å². The third-order valence-electron chi connectivity index (χ3n) is 4.26. The lowest BCUT2D eigenvalue weighted by atomic mass is 9.93. The molecule has 126 valence electrons. The molecule has 0 saturated carbocycles. The van der Waals surface area contributed by atoms with Gasteiger partial charge in [-0.15, -0.1) is 0 Å². The van der Waals surface area contributed by atoms with Gasteiger partial charge in [0.2, 0.25) is 0 Å². The molecule has 6 heteroatoms. The van der Waals surface area contributed by atoms with Gasteiger partial charge < -0.3 is 20.5 Å². The summed E-state index contributed by atoms with van der Waals surface area (Å²) in [4.78, 5) is 16.1. The molecule has 2 aromatic rings. The molecule has 0 bridgehead atoms. The number of nitrogens with one attached hydrogen (secondary N) is 2. The highest BCUT2D eigenvalue weighted by atomic mass is 16.5. The molecular formula is C18H21N3O3. The van der Waals surface area contributed by atoms with Crippen molar-refractivity contribution in [1.29, 1.82) is 0 Å². The summed E-state index contributed by atoms with van der Waals surface area (Å²) in [6.07, 6.45) is 3.09. The topological polar surface area (TPSA) is 83.5 Å². The molecule has 24 heavy (non-hydrogen) atoms. The van der Waals surface area contributed by atoms with Crippen molar-refractivity contribution < 1.29 is 14.6 Å². The predicted molar refractivity (Wildman–Crippen MR) is 89.9 cm³/mol. The van der Waals surface area contributed by atoms with Crippen LogP contribution in [-0.2, 0) is 13.0 Å². The number of aromatic nitrogens is 1. The van der Waals surface area contributed by atoms with Crippen LogP contribution in [0.5, 0.6) is 5.75 Å². The van der Waals surface area contributed by atoms with E-state index in [1.54, 1.807) is 6.07 Å². The zero-order chi connectivity index (χ0) is 16.9.